The van der Waals surface area contributed by atoms with Gasteiger partial charge in [-0.05, 0) is 164 Å². The minimum absolute atomic E-state index is 0.00322. The molecule has 1 spiro atoms. The maximum atomic E-state index is 15.3. The molecule has 8 N–H and O–H groups in total. The molecule has 10 atom stereocenters. The van der Waals surface area contributed by atoms with E-state index in [9.17, 15) is 30.3 Å². The van der Waals surface area contributed by atoms with Crippen LogP contribution >= 0.6 is 0 Å². The highest BCUT2D eigenvalue weighted by Gasteiger charge is 2.61. The summed E-state index contributed by atoms with van der Waals surface area (Å²) in [6.45, 7) is 2.80. The predicted molar refractivity (Wildman–Crippen MR) is 285 cm³/mol. The number of aromatic nitrogens is 3. The standard InChI is InChI=1S/C61H70N4O10/c1-36(67)33-63-61(35-65-22-18-51-52(65)17-21-62-51)20-19-60(34-61)32-38-26-48-45-30-54(71)55(73-2)31-46(45)47(58(38)44-15-13-39(68)29-49(44)60)28-40(69)27-41(14-11-37-12-16-53(70)56(25-37)74-24-23-66)75-57(72)10-6-4-8-43-42-7-3-5-9-50(42)64-59(43)48/h3,5,7,9,12,16-18,21-22,25-26,30-31,36,38-39,41,44,47,49,58,62-64,66-68,70-71H,8,10-11,13-15,19-20,23-24,27-29,32-35H2,1-2H3. The number of carbonyl (C=O) groups excluding carboxylic acids is 2. The van der Waals surface area contributed by atoms with Crippen LogP contribution in [0.4, 0.5) is 0 Å². The number of ketones is 1. The highest BCUT2D eigenvalue weighted by molar-refractivity contribution is 5.94. The van der Waals surface area contributed by atoms with Crippen LogP contribution in [0.2, 0.25) is 0 Å². The number of benzene rings is 3. The number of para-hydroxylation sites is 1. The quantitative estimate of drug-likeness (QED) is 0.0430. The maximum absolute atomic E-state index is 15.3. The van der Waals surface area contributed by atoms with Crippen molar-refractivity contribution in [3.8, 4) is 34.8 Å². The average Bonchev–Trinajstić information content (AvgIpc) is 4.18. The normalized spacial score (nSPS) is 28.1. The lowest BCUT2D eigenvalue weighted by Gasteiger charge is -2.57. The highest BCUT2D eigenvalue weighted by atomic mass is 16.5. The SMILES string of the molecule is COc1cc2c(cc1O)C1=CC3CC4(CCC(Cn5ccc6[nH]ccc65)(NCC(C)O)C4)C4CC(O)CCC4C3C2CC(=O)CC(CCc2ccc(O)c(OCCO)c2)OC(=O)CC#CCc2c1[nH]c1ccccc21. The maximum Gasteiger partial charge on any atom is 0.318 e. The van der Waals surface area contributed by atoms with Gasteiger partial charge in [-0.1, -0.05) is 42.2 Å². The highest BCUT2D eigenvalue weighted by Crippen LogP contribution is 2.67. The Morgan fingerprint density at radius 2 is 1.83 bits per heavy atom. The summed E-state index contributed by atoms with van der Waals surface area (Å²) in [4.78, 5) is 36.2. The van der Waals surface area contributed by atoms with E-state index in [-0.39, 0.29) is 96.1 Å². The summed E-state index contributed by atoms with van der Waals surface area (Å²) in [6.07, 6.45) is 11.4. The third-order valence-electron chi connectivity index (χ3n) is 17.7. The number of cyclic esters (lactones) is 1. The van der Waals surface area contributed by atoms with Crippen LogP contribution in [0.1, 0.15) is 111 Å². The van der Waals surface area contributed by atoms with Crippen molar-refractivity contribution < 1.29 is 49.3 Å². The Labute approximate surface area is 437 Å². The Morgan fingerprint density at radius 1 is 0.973 bits per heavy atom. The topological polar surface area (TPSA) is 212 Å². The van der Waals surface area contributed by atoms with E-state index < -0.39 is 24.3 Å². The fourth-order valence-corrected chi connectivity index (χ4v) is 14.7. The van der Waals surface area contributed by atoms with Crippen LogP contribution in [0.15, 0.2) is 85.2 Å². The molecule has 3 saturated carbocycles. The smallest absolute Gasteiger partial charge is 0.318 e. The molecule has 3 aromatic carbocycles. The zero-order chi connectivity index (χ0) is 52.0. The zero-order valence-electron chi connectivity index (χ0n) is 42.9. The molecule has 10 unspecified atom stereocenters. The molecule has 0 amide bonds. The third-order valence-corrected chi connectivity index (χ3v) is 17.7. The third kappa shape index (κ3) is 9.96. The number of aliphatic hydroxyl groups is 3. The van der Waals surface area contributed by atoms with Crippen molar-refractivity contribution in [3.05, 3.63) is 113 Å². The fourth-order valence-electron chi connectivity index (χ4n) is 14.7. The van der Waals surface area contributed by atoms with Crippen LogP contribution < -0.4 is 14.8 Å². The van der Waals surface area contributed by atoms with Gasteiger partial charge in [0.2, 0.25) is 0 Å². The van der Waals surface area contributed by atoms with E-state index >= 15 is 4.79 Å². The number of aliphatic hydroxyl groups excluding tert-OH is 3. The van der Waals surface area contributed by atoms with Gasteiger partial charge < -0.3 is 59.6 Å². The minimum Gasteiger partial charge on any atom is -0.504 e. The molecular weight excluding hydrogens is 949 g/mol. The summed E-state index contributed by atoms with van der Waals surface area (Å²) in [5, 5.41) is 59.2. The van der Waals surface area contributed by atoms with Gasteiger partial charge in [0, 0.05) is 66.8 Å². The number of nitrogens with zero attached hydrogens (tertiary/aromatic N) is 1. The number of esters is 1. The van der Waals surface area contributed by atoms with Gasteiger partial charge >= 0.3 is 5.97 Å². The molecule has 5 aliphatic rings. The van der Waals surface area contributed by atoms with Crippen LogP contribution in [-0.4, -0.2) is 103 Å². The van der Waals surface area contributed by atoms with Crippen molar-refractivity contribution in [1.82, 2.24) is 19.9 Å². The number of rotatable bonds is 12. The Morgan fingerprint density at radius 3 is 2.67 bits per heavy atom. The number of aryl methyl sites for hydroxylation is 1. The van der Waals surface area contributed by atoms with Crippen molar-refractivity contribution in [2.45, 2.75) is 127 Å². The number of aromatic hydroxyl groups is 2. The number of H-pyrrole nitrogens is 2. The number of phenols is 2. The monoisotopic (exact) mass is 1020 g/mol. The van der Waals surface area contributed by atoms with Gasteiger partial charge in [0.25, 0.3) is 0 Å². The van der Waals surface area contributed by atoms with Crippen molar-refractivity contribution in [2.24, 2.45) is 29.1 Å². The van der Waals surface area contributed by atoms with Crippen LogP contribution in [0.25, 0.3) is 27.5 Å². The van der Waals surface area contributed by atoms with Gasteiger partial charge in [-0.15, -0.1) is 0 Å². The number of fused-ring (bicyclic) bond motifs is 10. The summed E-state index contributed by atoms with van der Waals surface area (Å²) >= 11 is 0. The molecular formula is C61H70N4O10. The van der Waals surface area contributed by atoms with Gasteiger partial charge in [-0.25, -0.2) is 0 Å². The first-order valence-electron chi connectivity index (χ1n) is 27.0. The van der Waals surface area contributed by atoms with Crippen LogP contribution in [0.5, 0.6) is 23.0 Å². The fraction of sp³-hybridized carbons (Fsp3) is 0.475. The van der Waals surface area contributed by atoms with Crippen molar-refractivity contribution in [1.29, 1.82) is 0 Å². The predicted octanol–water partition coefficient (Wildman–Crippen LogP) is 8.61. The molecule has 3 aromatic heterocycles. The van der Waals surface area contributed by atoms with E-state index in [1.54, 1.807) is 19.2 Å². The Kier molecular flexibility index (Phi) is 14.1. The first-order valence-corrected chi connectivity index (χ1v) is 27.0. The van der Waals surface area contributed by atoms with Crippen molar-refractivity contribution in [3.63, 3.8) is 0 Å². The largest absolute Gasteiger partial charge is 0.504 e. The molecule has 11 rings (SSSR count). The number of hydrogen-bond donors (Lipinski definition) is 8. The molecule has 0 radical (unpaired) electrons. The molecule has 75 heavy (non-hydrogen) atoms. The number of aromatic amines is 2. The number of nitrogens with one attached hydrogen (secondary N) is 3. The lowest BCUT2D eigenvalue weighted by Crippen LogP contribution is -2.54. The lowest BCUT2D eigenvalue weighted by molar-refractivity contribution is -0.149. The second-order valence-corrected chi connectivity index (χ2v) is 22.5. The molecule has 4 aliphatic carbocycles. The lowest BCUT2D eigenvalue weighted by atomic mass is 9.47. The minimum atomic E-state index is -0.777. The Balaban J connectivity index is 1.05. The summed E-state index contributed by atoms with van der Waals surface area (Å²) < 4.78 is 20.0. The van der Waals surface area contributed by atoms with Crippen molar-refractivity contribution in [2.75, 3.05) is 26.9 Å². The number of ether oxygens (including phenoxy) is 3. The number of hydrogen-bond acceptors (Lipinski definition) is 11. The molecule has 394 valence electrons. The average molecular weight is 1020 g/mol. The van der Waals surface area contributed by atoms with Gasteiger partial charge in [0.05, 0.1) is 42.7 Å². The first-order chi connectivity index (χ1) is 36.3. The Bertz CT molecular complexity index is 3190. The number of phenolic OH excluding ortho intramolecular Hbond substituents is 2. The van der Waals surface area contributed by atoms with Crippen LogP contribution in [0, 0.1) is 40.9 Å². The Hall–Kier alpha value is -6.50. The molecule has 14 nitrogen and oxygen atoms in total. The molecule has 0 saturated heterocycles. The number of Topliss-reactive ketones (excluding diaryl/α,β-unsaturated/α-hetero) is 1. The summed E-state index contributed by atoms with van der Waals surface area (Å²) in [7, 11) is 1.55. The van der Waals surface area contributed by atoms with Gasteiger partial charge in [-0.2, -0.15) is 0 Å². The van der Waals surface area contributed by atoms with E-state index in [0.717, 1.165) is 94.1 Å². The second-order valence-electron chi connectivity index (χ2n) is 22.5. The van der Waals surface area contributed by atoms with E-state index in [2.05, 4.69) is 68.2 Å². The summed E-state index contributed by atoms with van der Waals surface area (Å²) in [5.74, 6) is 6.15. The zero-order valence-corrected chi connectivity index (χ0v) is 42.9. The first kappa shape index (κ1) is 50.6. The van der Waals surface area contributed by atoms with Gasteiger partial charge in [0.15, 0.2) is 23.0 Å². The number of β-amino-alcohol motifs (C(OH)–C–C–N with tert-alkyl or cyclic N) is 1. The van der Waals surface area contributed by atoms with E-state index in [0.29, 0.717) is 44.4 Å². The summed E-state index contributed by atoms with van der Waals surface area (Å²) in [5.41, 5.74) is 7.92. The van der Waals surface area contributed by atoms with Crippen LogP contribution in [0.3, 0.4) is 0 Å². The van der Waals surface area contributed by atoms with E-state index in [1.807, 2.05) is 37.4 Å². The molecule has 3 fully saturated rings. The van der Waals surface area contributed by atoms with Crippen molar-refractivity contribution >= 4 is 39.3 Å². The second kappa shape index (κ2) is 20.9. The molecule has 4 heterocycles. The van der Waals surface area contributed by atoms with Crippen LogP contribution in [-0.2, 0) is 33.7 Å². The summed E-state index contributed by atoms with van der Waals surface area (Å²) in [6, 6.07) is 21.2. The number of allylic oxidation sites excluding steroid dienone is 1. The molecule has 14 heteroatoms. The van der Waals surface area contributed by atoms with E-state index in [1.165, 1.54) is 6.07 Å². The molecule has 6 aromatic rings. The molecule has 2 bridgehead atoms. The number of carbonyl (C=O) groups is 2. The van der Waals surface area contributed by atoms with Gasteiger partial charge in [-0.3, -0.25) is 9.59 Å². The van der Waals surface area contributed by atoms with E-state index in [4.69, 9.17) is 14.2 Å². The van der Waals surface area contributed by atoms with Gasteiger partial charge in [0.1, 0.15) is 24.9 Å². The number of methoxy groups -OCH3 is 1. The molecule has 1 aliphatic heterocycles.